The number of methoxy groups -OCH3 is 1. The number of anilines is 2. The zero-order chi connectivity index (χ0) is 25.8. The lowest BCUT2D eigenvalue weighted by Crippen LogP contribution is -2.39. The van der Waals surface area contributed by atoms with Crippen LogP contribution >= 0.6 is 47.0 Å². The largest absolute Gasteiger partial charge is 0.497 e. The summed E-state index contributed by atoms with van der Waals surface area (Å²) in [6, 6.07) is 18.3. The quantitative estimate of drug-likeness (QED) is 0.330. The van der Waals surface area contributed by atoms with Crippen LogP contribution in [0.3, 0.4) is 0 Å². The molecule has 6 nitrogen and oxygen atoms in total. The second-order valence-corrected chi connectivity index (χ2v) is 9.75. The van der Waals surface area contributed by atoms with Crippen LogP contribution in [0.5, 0.6) is 5.75 Å². The third-order valence-corrected chi connectivity index (χ3v) is 7.05. The summed E-state index contributed by atoms with van der Waals surface area (Å²) >= 11 is 24.0. The summed E-state index contributed by atoms with van der Waals surface area (Å²) in [5, 5.41) is 4.77. The van der Waals surface area contributed by atoms with Crippen molar-refractivity contribution in [2.75, 3.05) is 23.9 Å². The number of halogens is 3. The molecule has 1 heterocycles. The Labute approximate surface area is 229 Å². The highest BCUT2D eigenvalue weighted by atomic mass is 35.5. The molecule has 3 aromatic rings. The minimum Gasteiger partial charge on any atom is -0.497 e. The van der Waals surface area contributed by atoms with Gasteiger partial charge in [0.15, 0.2) is 5.11 Å². The maximum Gasteiger partial charge on any atom is 0.256 e. The first kappa shape index (κ1) is 26.2. The van der Waals surface area contributed by atoms with E-state index in [0.29, 0.717) is 50.3 Å². The lowest BCUT2D eigenvalue weighted by molar-refractivity contribution is -0.124. The topological polar surface area (TPSA) is 61.9 Å². The van der Waals surface area contributed by atoms with E-state index in [1.165, 1.54) is 4.90 Å². The Hall–Kier alpha value is -2.84. The van der Waals surface area contributed by atoms with Crippen LogP contribution in [0, 0.1) is 0 Å². The van der Waals surface area contributed by atoms with Crippen LogP contribution in [0.25, 0.3) is 0 Å². The number of amides is 2. The fraction of sp³-hybridized carbons (Fsp3) is 0.192. The highest BCUT2D eigenvalue weighted by molar-refractivity contribution is 7.80. The molecule has 0 aliphatic carbocycles. The van der Waals surface area contributed by atoms with Gasteiger partial charge in [-0.2, -0.15) is 0 Å². The first-order chi connectivity index (χ1) is 17.3. The van der Waals surface area contributed by atoms with Gasteiger partial charge in [-0.05, 0) is 84.9 Å². The highest BCUT2D eigenvalue weighted by Crippen LogP contribution is 2.30. The molecule has 10 heteroatoms. The Morgan fingerprint density at radius 3 is 2.31 bits per heavy atom. The molecule has 1 N–H and O–H groups in total. The average Bonchev–Trinajstić information content (AvgIpc) is 3.08. The van der Waals surface area contributed by atoms with Crippen molar-refractivity contribution in [3.8, 4) is 5.75 Å². The maximum atomic E-state index is 13.6. The van der Waals surface area contributed by atoms with Gasteiger partial charge in [0.2, 0.25) is 5.91 Å². The molecule has 4 rings (SSSR count). The van der Waals surface area contributed by atoms with Crippen LogP contribution < -0.4 is 15.0 Å². The Morgan fingerprint density at radius 2 is 1.67 bits per heavy atom. The van der Waals surface area contributed by atoms with E-state index < -0.39 is 6.04 Å². The normalized spacial score (nSPS) is 15.4. The fourth-order valence-electron chi connectivity index (χ4n) is 3.94. The van der Waals surface area contributed by atoms with Crippen LogP contribution in [-0.4, -0.2) is 41.5 Å². The third kappa shape index (κ3) is 5.93. The Balaban J connectivity index is 1.57. The van der Waals surface area contributed by atoms with Crippen molar-refractivity contribution < 1.29 is 14.3 Å². The van der Waals surface area contributed by atoms with Crippen molar-refractivity contribution in [2.24, 2.45) is 0 Å². The minimum atomic E-state index is -0.780. The van der Waals surface area contributed by atoms with Gasteiger partial charge in [-0.25, -0.2) is 0 Å². The van der Waals surface area contributed by atoms with Crippen LogP contribution in [-0.2, 0) is 16.0 Å². The Morgan fingerprint density at radius 1 is 1.00 bits per heavy atom. The summed E-state index contributed by atoms with van der Waals surface area (Å²) in [4.78, 5) is 29.7. The van der Waals surface area contributed by atoms with Gasteiger partial charge < -0.3 is 15.0 Å². The van der Waals surface area contributed by atoms with E-state index in [2.05, 4.69) is 5.32 Å². The van der Waals surface area contributed by atoms with Crippen LogP contribution in [0.4, 0.5) is 11.4 Å². The van der Waals surface area contributed by atoms with Gasteiger partial charge >= 0.3 is 0 Å². The number of rotatable bonds is 8. The molecule has 1 saturated heterocycles. The summed E-state index contributed by atoms with van der Waals surface area (Å²) in [6.07, 6.45) is 0.428. The molecule has 0 unspecified atom stereocenters. The first-order valence-corrected chi connectivity index (χ1v) is 12.6. The van der Waals surface area contributed by atoms with Gasteiger partial charge in [0.25, 0.3) is 5.91 Å². The molecule has 0 spiro atoms. The third-order valence-electron chi connectivity index (χ3n) is 5.79. The Kier molecular flexibility index (Phi) is 8.36. The number of carbonyl (C=O) groups excluding carboxylic acids is 2. The van der Waals surface area contributed by atoms with Gasteiger partial charge in [0.1, 0.15) is 11.8 Å². The molecule has 3 aromatic carbocycles. The molecule has 186 valence electrons. The van der Waals surface area contributed by atoms with Crippen molar-refractivity contribution in [3.63, 3.8) is 0 Å². The smallest absolute Gasteiger partial charge is 0.256 e. The van der Waals surface area contributed by atoms with Gasteiger partial charge in [0, 0.05) is 27.3 Å². The SMILES string of the molecule is COc1ccc(N2C(=O)[C@H](CC(=O)Nc3ccc(Cl)cc3)N(CCc3ccc(Cl)cc3Cl)C2=S)cc1. The molecule has 1 aliphatic heterocycles. The van der Waals surface area contributed by atoms with E-state index in [-0.39, 0.29) is 18.2 Å². The van der Waals surface area contributed by atoms with Crippen molar-refractivity contribution >= 4 is 75.3 Å². The molecular formula is C26H22Cl3N3O3S. The highest BCUT2D eigenvalue weighted by Gasteiger charge is 2.44. The molecule has 0 saturated carbocycles. The minimum absolute atomic E-state index is 0.0807. The van der Waals surface area contributed by atoms with Crippen molar-refractivity contribution in [1.82, 2.24) is 4.90 Å². The molecule has 1 atom stereocenters. The molecule has 0 aromatic heterocycles. The second-order valence-electron chi connectivity index (χ2n) is 8.11. The predicted molar refractivity (Wildman–Crippen MR) is 148 cm³/mol. The standard InChI is InChI=1S/C26H22Cl3N3O3S/c1-35-21-10-8-20(9-11-21)32-25(34)23(15-24(33)30-19-6-4-17(27)5-7-19)31(26(32)36)13-12-16-2-3-18(28)14-22(16)29/h2-11,14,23H,12-13,15H2,1H3,(H,30,33)/t23-/m0/s1. The summed E-state index contributed by atoms with van der Waals surface area (Å²) in [5.74, 6) is 0.0626. The number of hydrogen-bond donors (Lipinski definition) is 1. The molecular weight excluding hydrogens is 541 g/mol. The molecule has 0 radical (unpaired) electrons. The van der Waals surface area contributed by atoms with Gasteiger partial charge in [-0.1, -0.05) is 40.9 Å². The number of ether oxygens (including phenoxy) is 1. The monoisotopic (exact) mass is 561 g/mol. The van der Waals surface area contributed by atoms with E-state index in [4.69, 9.17) is 51.8 Å². The van der Waals surface area contributed by atoms with Gasteiger partial charge in [-0.3, -0.25) is 14.5 Å². The number of carbonyl (C=O) groups is 2. The fourth-order valence-corrected chi connectivity index (χ4v) is 4.99. The van der Waals surface area contributed by atoms with Gasteiger partial charge in [-0.15, -0.1) is 0 Å². The van der Waals surface area contributed by atoms with Crippen molar-refractivity contribution in [2.45, 2.75) is 18.9 Å². The van der Waals surface area contributed by atoms with E-state index >= 15 is 0 Å². The predicted octanol–water partition coefficient (Wildman–Crippen LogP) is 6.23. The van der Waals surface area contributed by atoms with Crippen LogP contribution in [0.15, 0.2) is 66.7 Å². The second kappa shape index (κ2) is 11.5. The number of nitrogens with zero attached hydrogens (tertiary/aromatic N) is 2. The zero-order valence-corrected chi connectivity index (χ0v) is 22.3. The summed E-state index contributed by atoms with van der Waals surface area (Å²) in [7, 11) is 1.57. The first-order valence-electron chi connectivity index (χ1n) is 11.0. The number of benzene rings is 3. The molecule has 2 amide bonds. The lowest BCUT2D eigenvalue weighted by Gasteiger charge is -2.24. The zero-order valence-electron chi connectivity index (χ0n) is 19.2. The molecule has 1 aliphatic rings. The summed E-state index contributed by atoms with van der Waals surface area (Å²) < 4.78 is 5.22. The van der Waals surface area contributed by atoms with E-state index in [9.17, 15) is 9.59 Å². The summed E-state index contributed by atoms with van der Waals surface area (Å²) in [5.41, 5.74) is 2.05. The summed E-state index contributed by atoms with van der Waals surface area (Å²) in [6.45, 7) is 0.386. The van der Waals surface area contributed by atoms with Gasteiger partial charge in [0.05, 0.1) is 19.2 Å². The average molecular weight is 563 g/mol. The number of thiocarbonyl (C=S) groups is 1. The van der Waals surface area contributed by atoms with E-state index in [0.717, 1.165) is 5.56 Å². The van der Waals surface area contributed by atoms with Crippen molar-refractivity contribution in [3.05, 3.63) is 87.4 Å². The van der Waals surface area contributed by atoms with Crippen molar-refractivity contribution in [1.29, 1.82) is 0 Å². The Bertz CT molecular complexity index is 1290. The van der Waals surface area contributed by atoms with E-state index in [1.807, 2.05) is 6.07 Å². The van der Waals surface area contributed by atoms with Crippen LogP contribution in [0.2, 0.25) is 15.1 Å². The molecule has 0 bridgehead atoms. The lowest BCUT2D eigenvalue weighted by atomic mass is 10.1. The maximum absolute atomic E-state index is 13.6. The van der Waals surface area contributed by atoms with Crippen LogP contribution in [0.1, 0.15) is 12.0 Å². The molecule has 1 fully saturated rings. The van der Waals surface area contributed by atoms with E-state index in [1.54, 1.807) is 72.7 Å². The molecule has 36 heavy (non-hydrogen) atoms. The number of nitrogens with one attached hydrogen (secondary N) is 1. The number of hydrogen-bond acceptors (Lipinski definition) is 4.